The predicted octanol–water partition coefficient (Wildman–Crippen LogP) is 4.28. The molecule has 2 aromatic rings. The summed E-state index contributed by atoms with van der Waals surface area (Å²) < 4.78 is 0.854. The molecule has 24 heavy (non-hydrogen) atoms. The maximum absolute atomic E-state index is 12.5. The van der Waals surface area contributed by atoms with Gasteiger partial charge in [-0.2, -0.15) is 0 Å². The molecule has 0 atom stereocenters. The molecular weight excluding hydrogens is 368 g/mol. The molecule has 2 N–H and O–H groups in total. The number of allylic oxidation sites excluding steroid dienone is 3. The van der Waals surface area contributed by atoms with Crippen LogP contribution in [-0.2, 0) is 4.79 Å². The fourth-order valence-electron chi connectivity index (χ4n) is 1.92. The van der Waals surface area contributed by atoms with Crippen LogP contribution in [0.4, 0.5) is 5.69 Å². The average molecular weight is 385 g/mol. The van der Waals surface area contributed by atoms with E-state index in [0.29, 0.717) is 11.3 Å². The van der Waals surface area contributed by atoms with Crippen LogP contribution in [-0.4, -0.2) is 11.8 Å². The SMILES string of the molecule is C/C=C/C=C(/NC(=O)c1ccccc1)C(=O)Nc1cccc(Br)c1. The maximum atomic E-state index is 12.5. The Labute approximate surface area is 149 Å². The van der Waals surface area contributed by atoms with Crippen molar-refractivity contribution in [2.24, 2.45) is 0 Å². The van der Waals surface area contributed by atoms with E-state index in [9.17, 15) is 9.59 Å². The number of benzene rings is 2. The average Bonchev–Trinajstić information content (AvgIpc) is 2.59. The predicted molar refractivity (Wildman–Crippen MR) is 99.6 cm³/mol. The van der Waals surface area contributed by atoms with Crippen molar-refractivity contribution in [3.8, 4) is 0 Å². The zero-order chi connectivity index (χ0) is 17.4. The van der Waals surface area contributed by atoms with Crippen molar-refractivity contribution in [3.05, 3.63) is 88.6 Å². The first-order chi connectivity index (χ1) is 11.6. The lowest BCUT2D eigenvalue weighted by Gasteiger charge is -2.11. The van der Waals surface area contributed by atoms with Crippen LogP contribution in [0, 0.1) is 0 Å². The minimum atomic E-state index is -0.393. The van der Waals surface area contributed by atoms with Gasteiger partial charge in [0.15, 0.2) is 0 Å². The largest absolute Gasteiger partial charge is 0.321 e. The van der Waals surface area contributed by atoms with E-state index < -0.39 is 5.91 Å². The van der Waals surface area contributed by atoms with Gasteiger partial charge in [-0.3, -0.25) is 9.59 Å². The number of rotatable bonds is 5. The summed E-state index contributed by atoms with van der Waals surface area (Å²) in [5.41, 5.74) is 1.29. The lowest BCUT2D eigenvalue weighted by Crippen LogP contribution is -2.30. The molecule has 2 aromatic carbocycles. The van der Waals surface area contributed by atoms with Gasteiger partial charge in [0.05, 0.1) is 0 Å². The van der Waals surface area contributed by atoms with E-state index in [1.165, 1.54) is 0 Å². The van der Waals surface area contributed by atoms with E-state index in [1.54, 1.807) is 54.6 Å². The summed E-state index contributed by atoms with van der Waals surface area (Å²) in [7, 11) is 0. The van der Waals surface area contributed by atoms with E-state index in [1.807, 2.05) is 25.1 Å². The zero-order valence-electron chi connectivity index (χ0n) is 13.1. The number of hydrogen-bond acceptors (Lipinski definition) is 2. The van der Waals surface area contributed by atoms with E-state index in [0.717, 1.165) is 4.47 Å². The molecule has 5 heteroatoms. The highest BCUT2D eigenvalue weighted by Gasteiger charge is 2.14. The number of nitrogens with one attached hydrogen (secondary N) is 2. The van der Waals surface area contributed by atoms with Crippen LogP contribution in [0.25, 0.3) is 0 Å². The van der Waals surface area contributed by atoms with Crippen LogP contribution in [0.15, 0.2) is 83.0 Å². The molecule has 0 unspecified atom stereocenters. The minimum Gasteiger partial charge on any atom is -0.321 e. The summed E-state index contributed by atoms with van der Waals surface area (Å²) in [5, 5.41) is 5.41. The fourth-order valence-corrected chi connectivity index (χ4v) is 2.31. The Balaban J connectivity index is 2.16. The summed E-state index contributed by atoms with van der Waals surface area (Å²) in [5.74, 6) is -0.730. The van der Waals surface area contributed by atoms with Gasteiger partial charge in [0.2, 0.25) is 0 Å². The number of hydrogen-bond donors (Lipinski definition) is 2. The van der Waals surface area contributed by atoms with Gasteiger partial charge < -0.3 is 10.6 Å². The zero-order valence-corrected chi connectivity index (χ0v) is 14.7. The number of anilines is 1. The molecule has 0 aliphatic carbocycles. The smallest absolute Gasteiger partial charge is 0.272 e. The van der Waals surface area contributed by atoms with Crippen molar-refractivity contribution in [1.82, 2.24) is 5.32 Å². The third-order valence-corrected chi connectivity index (χ3v) is 3.56. The van der Waals surface area contributed by atoms with Crippen molar-refractivity contribution in [2.75, 3.05) is 5.32 Å². The summed E-state index contributed by atoms with van der Waals surface area (Å²) >= 11 is 3.36. The molecule has 2 rings (SSSR count). The standard InChI is InChI=1S/C19H17BrN2O2/c1-2-3-12-17(22-18(23)14-8-5-4-6-9-14)19(24)21-16-11-7-10-15(20)13-16/h2-13H,1H3,(H,21,24)(H,22,23)/b3-2+,17-12+. The van der Waals surface area contributed by atoms with Crippen molar-refractivity contribution >= 4 is 33.4 Å². The molecule has 4 nitrogen and oxygen atoms in total. The third-order valence-electron chi connectivity index (χ3n) is 3.07. The molecule has 0 aliphatic heterocycles. The fraction of sp³-hybridized carbons (Fsp3) is 0.0526. The Morgan fingerprint density at radius 3 is 2.46 bits per heavy atom. The Hall–Kier alpha value is -2.66. The van der Waals surface area contributed by atoms with Gasteiger partial charge in [-0.25, -0.2) is 0 Å². The highest BCUT2D eigenvalue weighted by Crippen LogP contribution is 2.16. The molecule has 0 aromatic heterocycles. The van der Waals surface area contributed by atoms with Gasteiger partial charge in [-0.05, 0) is 43.3 Å². The monoisotopic (exact) mass is 384 g/mol. The molecule has 122 valence electrons. The second-order valence-electron chi connectivity index (χ2n) is 4.89. The molecule has 0 bridgehead atoms. The lowest BCUT2D eigenvalue weighted by atomic mass is 10.2. The van der Waals surface area contributed by atoms with E-state index in [4.69, 9.17) is 0 Å². The van der Waals surface area contributed by atoms with Gasteiger partial charge in [0.1, 0.15) is 5.70 Å². The van der Waals surface area contributed by atoms with Crippen molar-refractivity contribution in [1.29, 1.82) is 0 Å². The van der Waals surface area contributed by atoms with Gasteiger partial charge in [-0.1, -0.05) is 52.3 Å². The molecule has 0 saturated carbocycles. The second kappa shape index (κ2) is 8.84. The first-order valence-electron chi connectivity index (χ1n) is 7.36. The molecule has 0 aliphatic rings. The van der Waals surface area contributed by atoms with Crippen LogP contribution in [0.2, 0.25) is 0 Å². The molecule has 0 fully saturated rings. The number of carbonyl (C=O) groups excluding carboxylic acids is 2. The van der Waals surface area contributed by atoms with Crippen LogP contribution < -0.4 is 10.6 Å². The number of amides is 2. The Morgan fingerprint density at radius 1 is 1.04 bits per heavy atom. The van der Waals surface area contributed by atoms with Crippen LogP contribution in [0.5, 0.6) is 0 Å². The topological polar surface area (TPSA) is 58.2 Å². The second-order valence-corrected chi connectivity index (χ2v) is 5.81. The Bertz CT molecular complexity index is 783. The maximum Gasteiger partial charge on any atom is 0.272 e. The summed E-state index contributed by atoms with van der Waals surface area (Å²) in [4.78, 5) is 24.7. The van der Waals surface area contributed by atoms with Crippen LogP contribution in [0.1, 0.15) is 17.3 Å². The number of carbonyl (C=O) groups is 2. The van der Waals surface area contributed by atoms with Gasteiger partial charge in [-0.15, -0.1) is 0 Å². The first kappa shape index (κ1) is 17.7. The third kappa shape index (κ3) is 5.21. The quantitative estimate of drug-likeness (QED) is 0.596. The van der Waals surface area contributed by atoms with E-state index in [-0.39, 0.29) is 11.6 Å². The molecule has 0 radical (unpaired) electrons. The first-order valence-corrected chi connectivity index (χ1v) is 8.15. The van der Waals surface area contributed by atoms with Crippen LogP contribution >= 0.6 is 15.9 Å². The molecule has 0 spiro atoms. The summed E-state index contributed by atoms with van der Waals surface area (Å²) in [6.07, 6.45) is 5.04. The summed E-state index contributed by atoms with van der Waals surface area (Å²) in [6, 6.07) is 16.0. The molecular formula is C19H17BrN2O2. The molecule has 0 saturated heterocycles. The Morgan fingerprint density at radius 2 is 1.79 bits per heavy atom. The lowest BCUT2D eigenvalue weighted by molar-refractivity contribution is -0.113. The molecule has 2 amide bonds. The summed E-state index contributed by atoms with van der Waals surface area (Å²) in [6.45, 7) is 1.83. The minimum absolute atomic E-state index is 0.168. The van der Waals surface area contributed by atoms with E-state index >= 15 is 0 Å². The van der Waals surface area contributed by atoms with Gasteiger partial charge in [0, 0.05) is 15.7 Å². The van der Waals surface area contributed by atoms with Gasteiger partial charge >= 0.3 is 0 Å². The van der Waals surface area contributed by atoms with E-state index in [2.05, 4.69) is 26.6 Å². The van der Waals surface area contributed by atoms with Gasteiger partial charge in [0.25, 0.3) is 11.8 Å². The van der Waals surface area contributed by atoms with Crippen LogP contribution in [0.3, 0.4) is 0 Å². The normalized spacial score (nSPS) is 11.3. The Kier molecular flexibility index (Phi) is 6.51. The highest BCUT2D eigenvalue weighted by molar-refractivity contribution is 9.10. The van der Waals surface area contributed by atoms with Crippen molar-refractivity contribution in [2.45, 2.75) is 6.92 Å². The number of halogens is 1. The molecule has 0 heterocycles. The van der Waals surface area contributed by atoms with Crippen molar-refractivity contribution in [3.63, 3.8) is 0 Å². The van der Waals surface area contributed by atoms with Crippen molar-refractivity contribution < 1.29 is 9.59 Å². The highest BCUT2D eigenvalue weighted by atomic mass is 79.9.